The molecule has 1 atom stereocenters. The highest BCUT2D eigenvalue weighted by Gasteiger charge is 2.25. The van der Waals surface area contributed by atoms with Gasteiger partial charge in [-0.15, -0.1) is 0 Å². The summed E-state index contributed by atoms with van der Waals surface area (Å²) in [6.45, 7) is 5.22. The normalized spacial score (nSPS) is 18.1. The number of nitrogens with zero attached hydrogens (tertiary/aromatic N) is 2. The molecule has 0 saturated carbocycles. The van der Waals surface area contributed by atoms with Crippen LogP contribution in [0.25, 0.3) is 0 Å². The molecule has 1 aromatic rings. The van der Waals surface area contributed by atoms with E-state index < -0.39 is 0 Å². The van der Waals surface area contributed by atoms with Crippen LogP contribution in [0.15, 0.2) is 31.0 Å². The Labute approximate surface area is 124 Å². The van der Waals surface area contributed by atoms with Crippen LogP contribution in [0, 0.1) is 5.92 Å². The number of carbonyl (C=O) groups excluding carboxylic acids is 2. The van der Waals surface area contributed by atoms with Gasteiger partial charge in [0.25, 0.3) is 0 Å². The molecule has 1 aliphatic heterocycles. The molecule has 0 radical (unpaired) electrons. The predicted octanol–water partition coefficient (Wildman–Crippen LogP) is 0.585. The van der Waals surface area contributed by atoms with Crippen molar-refractivity contribution < 1.29 is 9.59 Å². The maximum absolute atomic E-state index is 11.4. The van der Waals surface area contributed by atoms with Gasteiger partial charge in [-0.1, -0.05) is 12.6 Å². The van der Waals surface area contributed by atoms with Gasteiger partial charge in [-0.25, -0.2) is 4.98 Å². The van der Waals surface area contributed by atoms with Crippen LogP contribution in [0.3, 0.4) is 0 Å². The van der Waals surface area contributed by atoms with Gasteiger partial charge in [0.2, 0.25) is 11.8 Å². The van der Waals surface area contributed by atoms with Crippen LogP contribution >= 0.6 is 0 Å². The summed E-state index contributed by atoms with van der Waals surface area (Å²) >= 11 is 0. The van der Waals surface area contributed by atoms with E-state index in [1.54, 1.807) is 6.20 Å². The summed E-state index contributed by atoms with van der Waals surface area (Å²) in [5.41, 5.74) is 6.32. The molecule has 0 unspecified atom stereocenters. The molecule has 3 N–H and O–H groups in total. The molecule has 0 bridgehead atoms. The quantitative estimate of drug-likeness (QED) is 0.776. The minimum Gasteiger partial charge on any atom is -0.369 e. The maximum atomic E-state index is 11.4. The second kappa shape index (κ2) is 6.88. The number of pyridine rings is 1. The first-order chi connectivity index (χ1) is 10.1. The lowest BCUT2D eigenvalue weighted by Crippen LogP contribution is -2.42. The van der Waals surface area contributed by atoms with Crippen molar-refractivity contribution in [1.82, 2.24) is 10.3 Å². The Kier molecular flexibility index (Phi) is 4.92. The van der Waals surface area contributed by atoms with E-state index in [4.69, 9.17) is 5.73 Å². The number of piperidine rings is 1. The molecule has 2 amide bonds. The van der Waals surface area contributed by atoms with Gasteiger partial charge in [-0.3, -0.25) is 9.59 Å². The molecule has 21 heavy (non-hydrogen) atoms. The van der Waals surface area contributed by atoms with Crippen LogP contribution in [-0.4, -0.2) is 29.9 Å². The van der Waals surface area contributed by atoms with Crippen LogP contribution in [0.5, 0.6) is 0 Å². The Morgan fingerprint density at radius 1 is 1.57 bits per heavy atom. The zero-order valence-electron chi connectivity index (χ0n) is 11.9. The number of nitrogens with two attached hydrogens (primary N) is 1. The van der Waals surface area contributed by atoms with Crippen LogP contribution in [0.2, 0.25) is 0 Å². The summed E-state index contributed by atoms with van der Waals surface area (Å²) in [6.07, 6.45) is 4.67. The highest BCUT2D eigenvalue weighted by atomic mass is 16.1. The fraction of sp³-hybridized carbons (Fsp3) is 0.400. The van der Waals surface area contributed by atoms with Crippen molar-refractivity contribution in [3.05, 3.63) is 36.5 Å². The molecular weight excluding hydrogens is 268 g/mol. The largest absolute Gasteiger partial charge is 0.369 e. The molecule has 1 aliphatic rings. The van der Waals surface area contributed by atoms with E-state index in [-0.39, 0.29) is 17.7 Å². The average molecular weight is 288 g/mol. The van der Waals surface area contributed by atoms with Crippen molar-refractivity contribution in [1.29, 1.82) is 0 Å². The SMILES string of the molecule is C=CC(=O)NCc1cccnc1N1CCC[C@H](C(N)=O)C1. The van der Waals surface area contributed by atoms with Crippen molar-refractivity contribution >= 4 is 17.6 Å². The third-order valence-corrected chi connectivity index (χ3v) is 3.63. The van der Waals surface area contributed by atoms with E-state index >= 15 is 0 Å². The number of anilines is 1. The molecule has 1 fully saturated rings. The molecule has 1 aromatic heterocycles. The molecule has 0 spiro atoms. The topological polar surface area (TPSA) is 88.3 Å². The maximum Gasteiger partial charge on any atom is 0.243 e. The summed E-state index contributed by atoms with van der Waals surface area (Å²) in [5, 5.41) is 2.75. The summed E-state index contributed by atoms with van der Waals surface area (Å²) < 4.78 is 0. The zero-order chi connectivity index (χ0) is 15.2. The number of primary amides is 1. The average Bonchev–Trinajstić information content (AvgIpc) is 2.53. The minimum absolute atomic E-state index is 0.142. The van der Waals surface area contributed by atoms with Gasteiger partial charge in [0.1, 0.15) is 5.82 Å². The highest BCUT2D eigenvalue weighted by molar-refractivity contribution is 5.86. The number of hydrogen-bond donors (Lipinski definition) is 2. The third kappa shape index (κ3) is 3.81. The Bertz CT molecular complexity index is 544. The molecule has 6 heteroatoms. The molecule has 112 valence electrons. The smallest absolute Gasteiger partial charge is 0.243 e. The van der Waals surface area contributed by atoms with Crippen molar-refractivity contribution in [3.63, 3.8) is 0 Å². The first kappa shape index (κ1) is 15.0. The molecule has 0 aliphatic carbocycles. The number of carbonyl (C=O) groups is 2. The zero-order valence-corrected chi connectivity index (χ0v) is 11.9. The molecule has 2 heterocycles. The standard InChI is InChI=1S/C15H20N4O2/c1-2-13(20)18-9-11-5-3-7-17-15(11)19-8-4-6-12(10-19)14(16)21/h2-3,5,7,12H,1,4,6,8-10H2,(H2,16,21)(H,18,20)/t12-/m0/s1. The van der Waals surface area contributed by atoms with Gasteiger partial charge >= 0.3 is 0 Å². The van der Waals surface area contributed by atoms with Crippen molar-refractivity contribution in [2.45, 2.75) is 19.4 Å². The van der Waals surface area contributed by atoms with Gasteiger partial charge < -0.3 is 16.0 Å². The lowest BCUT2D eigenvalue weighted by Gasteiger charge is -2.33. The first-order valence-corrected chi connectivity index (χ1v) is 7.00. The Hall–Kier alpha value is -2.37. The number of amides is 2. The van der Waals surface area contributed by atoms with Crippen LogP contribution in [0.1, 0.15) is 18.4 Å². The highest BCUT2D eigenvalue weighted by Crippen LogP contribution is 2.24. The molecule has 6 nitrogen and oxygen atoms in total. The molecule has 2 rings (SSSR count). The monoisotopic (exact) mass is 288 g/mol. The lowest BCUT2D eigenvalue weighted by molar-refractivity contribution is -0.122. The van der Waals surface area contributed by atoms with Gasteiger partial charge in [0, 0.05) is 31.4 Å². The van der Waals surface area contributed by atoms with E-state index in [9.17, 15) is 9.59 Å². The Morgan fingerprint density at radius 3 is 3.10 bits per heavy atom. The Morgan fingerprint density at radius 2 is 2.38 bits per heavy atom. The van der Waals surface area contributed by atoms with Crippen LogP contribution in [-0.2, 0) is 16.1 Å². The number of hydrogen-bond acceptors (Lipinski definition) is 4. The van der Waals surface area contributed by atoms with Crippen molar-refractivity contribution in [2.24, 2.45) is 11.7 Å². The number of rotatable bonds is 5. The van der Waals surface area contributed by atoms with Crippen molar-refractivity contribution in [3.8, 4) is 0 Å². The molecular formula is C15H20N4O2. The molecule has 0 aromatic carbocycles. The Balaban J connectivity index is 2.13. The minimum atomic E-state index is -0.267. The van der Waals surface area contributed by atoms with Gasteiger partial charge in [-0.05, 0) is 25.0 Å². The summed E-state index contributed by atoms with van der Waals surface area (Å²) in [6, 6.07) is 3.74. The second-order valence-corrected chi connectivity index (χ2v) is 5.10. The van der Waals surface area contributed by atoms with Crippen LogP contribution < -0.4 is 16.0 Å². The fourth-order valence-electron chi connectivity index (χ4n) is 2.51. The fourth-order valence-corrected chi connectivity index (χ4v) is 2.51. The number of nitrogens with one attached hydrogen (secondary N) is 1. The first-order valence-electron chi connectivity index (χ1n) is 7.00. The third-order valence-electron chi connectivity index (χ3n) is 3.63. The van der Waals surface area contributed by atoms with E-state index in [0.717, 1.165) is 30.8 Å². The van der Waals surface area contributed by atoms with E-state index in [0.29, 0.717) is 13.1 Å². The van der Waals surface area contributed by atoms with Gasteiger partial charge in [0.05, 0.1) is 5.92 Å². The van der Waals surface area contributed by atoms with E-state index in [1.165, 1.54) is 6.08 Å². The van der Waals surface area contributed by atoms with Gasteiger partial charge in [0.15, 0.2) is 0 Å². The van der Waals surface area contributed by atoms with Gasteiger partial charge in [-0.2, -0.15) is 0 Å². The lowest BCUT2D eigenvalue weighted by atomic mass is 9.97. The van der Waals surface area contributed by atoms with Crippen molar-refractivity contribution in [2.75, 3.05) is 18.0 Å². The van der Waals surface area contributed by atoms with E-state index in [1.807, 2.05) is 12.1 Å². The number of aromatic nitrogens is 1. The second-order valence-electron chi connectivity index (χ2n) is 5.10. The molecule has 1 saturated heterocycles. The summed E-state index contributed by atoms with van der Waals surface area (Å²) in [4.78, 5) is 29.1. The summed E-state index contributed by atoms with van der Waals surface area (Å²) in [5.74, 6) is 0.166. The predicted molar refractivity (Wildman–Crippen MR) is 80.4 cm³/mol. The van der Waals surface area contributed by atoms with E-state index in [2.05, 4.69) is 21.8 Å². The van der Waals surface area contributed by atoms with Crippen LogP contribution in [0.4, 0.5) is 5.82 Å². The summed E-state index contributed by atoms with van der Waals surface area (Å²) in [7, 11) is 0.